The van der Waals surface area contributed by atoms with Gasteiger partial charge < -0.3 is 19.1 Å². The molecule has 2 unspecified atom stereocenters. The van der Waals surface area contributed by atoms with Crippen LogP contribution in [-0.4, -0.2) is 41.7 Å². The Hall–Kier alpha value is -0.980. The van der Waals surface area contributed by atoms with Crippen molar-refractivity contribution in [3.05, 3.63) is 11.7 Å². The van der Waals surface area contributed by atoms with Crippen molar-refractivity contribution in [1.29, 1.82) is 0 Å². The summed E-state index contributed by atoms with van der Waals surface area (Å²) in [6.45, 7) is 6.69. The third-order valence-corrected chi connectivity index (χ3v) is 2.85. The van der Waals surface area contributed by atoms with Gasteiger partial charge in [-0.05, 0) is 20.3 Å². The highest BCUT2D eigenvalue weighted by Gasteiger charge is 2.31. The van der Waals surface area contributed by atoms with Crippen LogP contribution in [0.1, 0.15) is 38.9 Å². The van der Waals surface area contributed by atoms with Crippen molar-refractivity contribution in [3.8, 4) is 0 Å². The molecular formula is C12H22N2O4. The van der Waals surface area contributed by atoms with E-state index in [2.05, 4.69) is 10.1 Å². The van der Waals surface area contributed by atoms with E-state index in [9.17, 15) is 5.11 Å². The fourth-order valence-corrected chi connectivity index (χ4v) is 1.65. The van der Waals surface area contributed by atoms with Crippen LogP contribution in [0.2, 0.25) is 0 Å². The molecule has 0 aliphatic heterocycles. The molecule has 0 radical (unpaired) electrons. The minimum absolute atomic E-state index is 0.244. The van der Waals surface area contributed by atoms with Gasteiger partial charge in [0, 0.05) is 13.7 Å². The van der Waals surface area contributed by atoms with Crippen LogP contribution >= 0.6 is 0 Å². The van der Waals surface area contributed by atoms with Gasteiger partial charge in [0.1, 0.15) is 5.60 Å². The van der Waals surface area contributed by atoms with E-state index in [1.807, 2.05) is 20.8 Å². The molecule has 0 aliphatic rings. The van der Waals surface area contributed by atoms with E-state index in [0.717, 1.165) is 6.42 Å². The van der Waals surface area contributed by atoms with Gasteiger partial charge in [-0.3, -0.25) is 0 Å². The van der Waals surface area contributed by atoms with Crippen molar-refractivity contribution in [2.24, 2.45) is 0 Å². The molecule has 18 heavy (non-hydrogen) atoms. The van der Waals surface area contributed by atoms with Crippen LogP contribution in [0.4, 0.5) is 0 Å². The smallest absolute Gasteiger partial charge is 0.229 e. The summed E-state index contributed by atoms with van der Waals surface area (Å²) < 4.78 is 15.6. The highest BCUT2D eigenvalue weighted by Crippen LogP contribution is 2.26. The number of hydrogen-bond acceptors (Lipinski definition) is 6. The van der Waals surface area contributed by atoms with Crippen LogP contribution in [0.15, 0.2) is 4.52 Å². The summed E-state index contributed by atoms with van der Waals surface area (Å²) in [6, 6.07) is 0. The summed E-state index contributed by atoms with van der Waals surface area (Å²) in [6.07, 6.45) is 0.399. The summed E-state index contributed by atoms with van der Waals surface area (Å²) in [7, 11) is 1.53. The minimum Gasteiger partial charge on any atom is -0.390 e. The van der Waals surface area contributed by atoms with Gasteiger partial charge in [0.2, 0.25) is 11.7 Å². The second kappa shape index (κ2) is 6.82. The summed E-state index contributed by atoms with van der Waals surface area (Å²) in [5.74, 6) is 0.917. The topological polar surface area (TPSA) is 77.6 Å². The molecule has 2 atom stereocenters. The van der Waals surface area contributed by atoms with E-state index in [-0.39, 0.29) is 13.0 Å². The molecule has 0 spiro atoms. The summed E-state index contributed by atoms with van der Waals surface area (Å²) in [4.78, 5) is 4.28. The molecular weight excluding hydrogens is 236 g/mol. The van der Waals surface area contributed by atoms with E-state index >= 15 is 0 Å². The second-order valence-electron chi connectivity index (χ2n) is 4.34. The van der Waals surface area contributed by atoms with Crippen molar-refractivity contribution in [2.75, 3.05) is 20.3 Å². The van der Waals surface area contributed by atoms with Crippen molar-refractivity contribution < 1.29 is 19.1 Å². The lowest BCUT2D eigenvalue weighted by molar-refractivity contribution is -0.0403. The highest BCUT2D eigenvalue weighted by molar-refractivity contribution is 4.99. The molecule has 0 saturated carbocycles. The average molecular weight is 258 g/mol. The number of methoxy groups -OCH3 is 1. The van der Waals surface area contributed by atoms with Gasteiger partial charge in [0.15, 0.2) is 0 Å². The van der Waals surface area contributed by atoms with Gasteiger partial charge in [-0.25, -0.2) is 0 Å². The Morgan fingerprint density at radius 2 is 2.17 bits per heavy atom. The Balaban J connectivity index is 2.72. The van der Waals surface area contributed by atoms with Gasteiger partial charge in [0.05, 0.1) is 19.1 Å². The standard InChI is InChI=1S/C12H22N2O4/c1-5-12(3,17-6-2)11-13-10(18-14-11)7-9(15)8-16-4/h9,15H,5-8H2,1-4H3. The third kappa shape index (κ3) is 3.76. The van der Waals surface area contributed by atoms with Gasteiger partial charge in [-0.15, -0.1) is 0 Å². The first kappa shape index (κ1) is 15.1. The van der Waals surface area contributed by atoms with Crippen molar-refractivity contribution >= 4 is 0 Å². The second-order valence-corrected chi connectivity index (χ2v) is 4.34. The van der Waals surface area contributed by atoms with E-state index in [0.29, 0.717) is 18.3 Å². The number of aromatic nitrogens is 2. The Bertz CT molecular complexity index is 356. The molecule has 6 heteroatoms. The molecule has 0 saturated heterocycles. The van der Waals surface area contributed by atoms with Gasteiger partial charge in [-0.1, -0.05) is 12.1 Å². The molecule has 1 rings (SSSR count). The van der Waals surface area contributed by atoms with Crippen LogP contribution < -0.4 is 0 Å². The minimum atomic E-state index is -0.636. The maximum atomic E-state index is 9.59. The third-order valence-electron chi connectivity index (χ3n) is 2.85. The number of hydrogen-bond donors (Lipinski definition) is 1. The summed E-state index contributed by atoms with van der Waals surface area (Å²) >= 11 is 0. The lowest BCUT2D eigenvalue weighted by Gasteiger charge is -2.23. The average Bonchev–Trinajstić information content (AvgIpc) is 2.78. The molecule has 0 fully saturated rings. The Morgan fingerprint density at radius 1 is 1.44 bits per heavy atom. The first-order valence-electron chi connectivity index (χ1n) is 6.19. The lowest BCUT2D eigenvalue weighted by Crippen LogP contribution is -2.26. The van der Waals surface area contributed by atoms with Crippen LogP contribution in [0.3, 0.4) is 0 Å². The molecule has 1 heterocycles. The monoisotopic (exact) mass is 258 g/mol. The summed E-state index contributed by atoms with van der Waals surface area (Å²) in [5, 5.41) is 13.5. The predicted octanol–water partition coefficient (Wildman–Crippen LogP) is 1.28. The highest BCUT2D eigenvalue weighted by atomic mass is 16.5. The maximum absolute atomic E-state index is 9.59. The van der Waals surface area contributed by atoms with Gasteiger partial charge in [-0.2, -0.15) is 4.98 Å². The summed E-state index contributed by atoms with van der Waals surface area (Å²) in [5.41, 5.74) is -0.539. The Morgan fingerprint density at radius 3 is 2.72 bits per heavy atom. The van der Waals surface area contributed by atoms with Crippen LogP contribution in [0.25, 0.3) is 0 Å². The van der Waals surface area contributed by atoms with Crippen LogP contribution in [-0.2, 0) is 21.5 Å². The molecule has 1 aromatic rings. The van der Waals surface area contributed by atoms with E-state index in [4.69, 9.17) is 14.0 Å². The Labute approximate surface area is 107 Å². The number of ether oxygens (including phenoxy) is 2. The largest absolute Gasteiger partial charge is 0.390 e. The zero-order valence-corrected chi connectivity index (χ0v) is 11.5. The normalized spacial score (nSPS) is 16.5. The molecule has 0 aliphatic carbocycles. The van der Waals surface area contributed by atoms with E-state index in [1.165, 1.54) is 7.11 Å². The SMILES string of the molecule is CCOC(C)(CC)c1noc(CC(O)COC)n1. The van der Waals surface area contributed by atoms with Crippen LogP contribution in [0, 0.1) is 0 Å². The van der Waals surface area contributed by atoms with Crippen molar-refractivity contribution in [1.82, 2.24) is 10.1 Å². The molecule has 0 bridgehead atoms. The van der Waals surface area contributed by atoms with Crippen LogP contribution in [0.5, 0.6) is 0 Å². The van der Waals surface area contributed by atoms with Gasteiger partial charge >= 0.3 is 0 Å². The Kier molecular flexibility index (Phi) is 5.71. The van der Waals surface area contributed by atoms with Crippen molar-refractivity contribution in [2.45, 2.75) is 45.3 Å². The van der Waals surface area contributed by atoms with E-state index < -0.39 is 11.7 Å². The molecule has 104 valence electrons. The predicted molar refractivity (Wildman–Crippen MR) is 65.2 cm³/mol. The molecule has 1 N–H and O–H groups in total. The van der Waals surface area contributed by atoms with Crippen molar-refractivity contribution in [3.63, 3.8) is 0 Å². The molecule has 0 aromatic carbocycles. The molecule has 0 amide bonds. The fraction of sp³-hybridized carbons (Fsp3) is 0.833. The number of aliphatic hydroxyl groups is 1. The van der Waals surface area contributed by atoms with E-state index in [1.54, 1.807) is 0 Å². The number of nitrogens with zero attached hydrogens (tertiary/aromatic N) is 2. The fourth-order valence-electron chi connectivity index (χ4n) is 1.65. The number of aliphatic hydroxyl groups excluding tert-OH is 1. The maximum Gasteiger partial charge on any atom is 0.229 e. The molecule has 6 nitrogen and oxygen atoms in total. The number of rotatable bonds is 8. The molecule has 1 aromatic heterocycles. The van der Waals surface area contributed by atoms with Gasteiger partial charge in [0.25, 0.3) is 0 Å². The first-order valence-corrected chi connectivity index (χ1v) is 6.19. The lowest BCUT2D eigenvalue weighted by atomic mass is 10.0. The zero-order chi connectivity index (χ0) is 13.6. The first-order chi connectivity index (χ1) is 8.55. The quantitative estimate of drug-likeness (QED) is 0.757. The zero-order valence-electron chi connectivity index (χ0n) is 11.5.